The van der Waals surface area contributed by atoms with Gasteiger partial charge in [0, 0.05) is 63.8 Å². The van der Waals surface area contributed by atoms with Crippen LogP contribution in [0.2, 0.25) is 0 Å². The Kier molecular flexibility index (Phi) is 44.3. The second kappa shape index (κ2) is 35.1. The maximum atomic E-state index is 7.13. The Morgan fingerprint density at radius 3 is 0.839 bits per heavy atom. The Morgan fingerprint density at radius 1 is 0.581 bits per heavy atom. The van der Waals surface area contributed by atoms with E-state index >= 15 is 0 Å². The maximum Gasteiger partial charge on any atom is 2.00 e. The molecule has 2 rings (SSSR count). The molecule has 0 aliphatic rings. The van der Waals surface area contributed by atoms with E-state index in [1.165, 1.54) is 32.0 Å². The van der Waals surface area contributed by atoms with Crippen molar-refractivity contribution < 1.29 is 27.0 Å². The van der Waals surface area contributed by atoms with Gasteiger partial charge in [-0.1, -0.05) is 48.9 Å². The fourth-order valence-electron chi connectivity index (χ4n) is 1.35. The SMILES string of the molecule is CN(C)c1cc[nH+]cc1.CN(C)c1cc[nH+]cc1.[Mn+2].[N-]=C=S.[N-]=C=S.[N-]=C=S.[N-]=C=S. The standard InChI is InChI=1S/2C7H10N2.4CNS.Mn/c2*1-9(2)7-3-5-8-6-4-7;4*2-1-3;/h2*3-6H,1-2H3;;;;;/q;;4*-1;+2/p+2. The quantitative estimate of drug-likeness (QED) is 0.329. The Bertz CT molecular complexity index is 674. The van der Waals surface area contributed by atoms with Gasteiger partial charge in [-0.15, -0.1) is 0 Å². The molecule has 0 unspecified atom stereocenters. The molecular formula is C18H22MnN8S4. The number of isothiocyanates is 4. The molecule has 0 saturated heterocycles. The summed E-state index contributed by atoms with van der Waals surface area (Å²) in [6.45, 7) is 0. The van der Waals surface area contributed by atoms with Crippen molar-refractivity contribution in [2.45, 2.75) is 0 Å². The third-order valence-corrected chi connectivity index (χ3v) is 2.43. The zero-order valence-electron chi connectivity index (χ0n) is 17.3. The van der Waals surface area contributed by atoms with Crippen molar-refractivity contribution in [3.8, 4) is 0 Å². The number of hydrogen-bond donors (Lipinski definition) is 0. The number of nitrogens with zero attached hydrogens (tertiary/aromatic N) is 6. The fraction of sp³-hybridized carbons (Fsp3) is 0.222. The van der Waals surface area contributed by atoms with E-state index in [1.54, 1.807) is 0 Å². The second-order valence-electron chi connectivity index (χ2n) is 4.67. The Morgan fingerprint density at radius 2 is 0.742 bits per heavy atom. The summed E-state index contributed by atoms with van der Waals surface area (Å²) in [5.41, 5.74) is 2.43. The van der Waals surface area contributed by atoms with Crippen LogP contribution in [0.15, 0.2) is 49.1 Å². The van der Waals surface area contributed by atoms with Crippen LogP contribution in [-0.4, -0.2) is 48.8 Å². The summed E-state index contributed by atoms with van der Waals surface area (Å²) in [5, 5.41) is 33.9. The number of H-pyrrole nitrogens is 2. The van der Waals surface area contributed by atoms with E-state index in [0.29, 0.717) is 0 Å². The molecule has 1 radical (unpaired) electrons. The number of anilines is 2. The van der Waals surface area contributed by atoms with Gasteiger partial charge in [0.15, 0.2) is 24.8 Å². The molecule has 2 aromatic rings. The van der Waals surface area contributed by atoms with Crippen LogP contribution in [0.25, 0.3) is 21.6 Å². The van der Waals surface area contributed by atoms with Crippen molar-refractivity contribution in [3.05, 3.63) is 70.7 Å². The third kappa shape index (κ3) is 38.8. The predicted molar refractivity (Wildman–Crippen MR) is 138 cm³/mol. The maximum absolute atomic E-state index is 7.13. The van der Waals surface area contributed by atoms with Gasteiger partial charge >= 0.3 is 17.1 Å². The van der Waals surface area contributed by atoms with Crippen LogP contribution in [0.5, 0.6) is 0 Å². The monoisotopic (exact) mass is 533 g/mol. The largest absolute Gasteiger partial charge is 2.00 e. The van der Waals surface area contributed by atoms with Gasteiger partial charge in [-0.3, -0.25) is 0 Å². The molecule has 2 heterocycles. The van der Waals surface area contributed by atoms with Gasteiger partial charge in [0.1, 0.15) is 0 Å². The molecule has 13 heteroatoms. The Balaban J connectivity index is -0.0000000957. The fourth-order valence-corrected chi connectivity index (χ4v) is 1.35. The van der Waals surface area contributed by atoms with Gasteiger partial charge in [0.25, 0.3) is 0 Å². The Labute approximate surface area is 215 Å². The molecule has 0 aromatic carbocycles. The van der Waals surface area contributed by atoms with Crippen molar-refractivity contribution in [1.29, 1.82) is 0 Å². The number of aromatic amines is 2. The molecular weight excluding hydrogens is 511 g/mol. The van der Waals surface area contributed by atoms with Crippen LogP contribution in [0.4, 0.5) is 11.4 Å². The van der Waals surface area contributed by atoms with Gasteiger partial charge < -0.3 is 31.4 Å². The minimum atomic E-state index is 0. The molecule has 2 aromatic heterocycles. The number of thiocarbonyl (C=S) groups is 4. The van der Waals surface area contributed by atoms with Crippen molar-refractivity contribution >= 4 is 80.9 Å². The predicted octanol–water partition coefficient (Wildman–Crippen LogP) is 3.77. The number of nitrogens with one attached hydrogen (secondary N) is 2. The minimum Gasteiger partial charge on any atom is -0.753 e. The van der Waals surface area contributed by atoms with Crippen molar-refractivity contribution in [3.63, 3.8) is 0 Å². The Hall–Kier alpha value is -2.38. The molecule has 2 N–H and O–H groups in total. The van der Waals surface area contributed by atoms with Gasteiger partial charge in [-0.05, 0) is 0 Å². The van der Waals surface area contributed by atoms with E-state index in [2.05, 4.69) is 68.6 Å². The summed E-state index contributed by atoms with van der Waals surface area (Å²) in [4.78, 5) is 10.0. The van der Waals surface area contributed by atoms with Crippen molar-refractivity contribution in [2.24, 2.45) is 0 Å². The summed E-state index contributed by atoms with van der Waals surface area (Å²) in [6, 6.07) is 8.11. The molecule has 0 aliphatic heterocycles. The number of rotatable bonds is 2. The molecule has 8 nitrogen and oxygen atoms in total. The normalized spacial score (nSPS) is 6.32. The van der Waals surface area contributed by atoms with Gasteiger partial charge in [-0.25, -0.2) is 9.97 Å². The second-order valence-corrected chi connectivity index (χ2v) is 5.40. The summed E-state index contributed by atoms with van der Waals surface area (Å²) in [6.07, 6.45) is 7.65. The van der Waals surface area contributed by atoms with Gasteiger partial charge in [0.2, 0.25) is 0 Å². The molecule has 0 bridgehead atoms. The molecule has 0 atom stereocenters. The third-order valence-electron chi connectivity index (χ3n) is 2.43. The molecule has 165 valence electrons. The number of aromatic nitrogens is 2. The first-order valence-electron chi connectivity index (χ1n) is 7.59. The molecule has 0 amide bonds. The average Bonchev–Trinajstić information content (AvgIpc) is 2.72. The van der Waals surface area contributed by atoms with Crippen LogP contribution in [0, 0.1) is 0 Å². The minimum absolute atomic E-state index is 0. The van der Waals surface area contributed by atoms with Gasteiger partial charge in [0.05, 0.1) is 0 Å². The van der Waals surface area contributed by atoms with E-state index in [0.717, 1.165) is 0 Å². The first-order valence-corrected chi connectivity index (χ1v) is 9.22. The van der Waals surface area contributed by atoms with E-state index < -0.39 is 0 Å². The van der Waals surface area contributed by atoms with Crippen molar-refractivity contribution in [2.75, 3.05) is 38.0 Å². The van der Waals surface area contributed by atoms with E-state index in [9.17, 15) is 0 Å². The topological polar surface area (TPSA) is 124 Å². The van der Waals surface area contributed by atoms with Crippen LogP contribution in [-0.2, 0) is 17.1 Å². The average molecular weight is 534 g/mol. The van der Waals surface area contributed by atoms with Crippen molar-refractivity contribution in [1.82, 2.24) is 0 Å². The summed E-state index contributed by atoms with van der Waals surface area (Å²) >= 11 is 14.8. The summed E-state index contributed by atoms with van der Waals surface area (Å²) < 4.78 is 0. The zero-order chi connectivity index (χ0) is 24.2. The number of hydrogen-bond acceptors (Lipinski definition) is 6. The summed E-state index contributed by atoms with van der Waals surface area (Å²) in [7, 11) is 8.09. The van der Waals surface area contributed by atoms with Crippen LogP contribution < -0.4 is 19.8 Å². The van der Waals surface area contributed by atoms with E-state index in [4.69, 9.17) is 21.6 Å². The molecule has 0 saturated carbocycles. The van der Waals surface area contributed by atoms with Gasteiger partial charge in [-0.2, -0.15) is 20.6 Å². The zero-order valence-corrected chi connectivity index (χ0v) is 21.8. The molecule has 31 heavy (non-hydrogen) atoms. The molecule has 0 fully saturated rings. The van der Waals surface area contributed by atoms with Crippen LogP contribution >= 0.6 is 48.9 Å². The molecule has 0 spiro atoms. The van der Waals surface area contributed by atoms with E-state index in [1.807, 2.05) is 77.2 Å². The first kappa shape index (κ1) is 39.1. The first-order chi connectivity index (χ1) is 14.3. The van der Waals surface area contributed by atoms with Crippen LogP contribution in [0.1, 0.15) is 0 Å². The van der Waals surface area contributed by atoms with E-state index in [-0.39, 0.29) is 17.1 Å². The molecule has 0 aliphatic carbocycles. The number of pyridine rings is 2. The summed E-state index contributed by atoms with van der Waals surface area (Å²) in [5.74, 6) is 0. The smallest absolute Gasteiger partial charge is 0.753 e. The van der Waals surface area contributed by atoms with Crippen LogP contribution in [0.3, 0.4) is 0 Å².